The molecule has 0 radical (unpaired) electrons. The summed E-state index contributed by atoms with van der Waals surface area (Å²) in [6, 6.07) is 5.50. The van der Waals surface area contributed by atoms with Gasteiger partial charge in [-0.2, -0.15) is 0 Å². The summed E-state index contributed by atoms with van der Waals surface area (Å²) in [6.07, 6.45) is 0.540. The minimum absolute atomic E-state index is 0.262. The zero-order chi connectivity index (χ0) is 12.3. The van der Waals surface area contributed by atoms with Crippen molar-refractivity contribution in [3.63, 3.8) is 0 Å². The third kappa shape index (κ3) is 2.88. The van der Waals surface area contributed by atoms with Crippen LogP contribution in [0.25, 0.3) is 0 Å². The molecule has 0 saturated carbocycles. The predicted octanol–water partition coefficient (Wildman–Crippen LogP) is 2.62. The molecular formula is C10H10Cl2N4O. The van der Waals surface area contributed by atoms with Crippen LogP contribution in [0.1, 0.15) is 5.89 Å². The Balaban J connectivity index is 2.16. The largest absolute Gasteiger partial charge is 0.408 e. The van der Waals surface area contributed by atoms with E-state index in [-0.39, 0.29) is 6.01 Å². The Hall–Kier alpha value is -1.30. The van der Waals surface area contributed by atoms with Crippen molar-refractivity contribution >= 4 is 34.9 Å². The van der Waals surface area contributed by atoms with Gasteiger partial charge in [-0.25, -0.2) is 0 Å². The van der Waals surface area contributed by atoms with Crippen LogP contribution in [0.3, 0.4) is 0 Å². The van der Waals surface area contributed by atoms with Crippen molar-refractivity contribution in [2.75, 3.05) is 11.9 Å². The summed E-state index contributed by atoms with van der Waals surface area (Å²) in [6.45, 7) is 0.458. The Labute approximate surface area is 108 Å². The van der Waals surface area contributed by atoms with E-state index in [2.05, 4.69) is 15.5 Å². The van der Waals surface area contributed by atoms with Crippen molar-refractivity contribution in [3.05, 3.63) is 34.1 Å². The van der Waals surface area contributed by atoms with Crippen LogP contribution < -0.4 is 11.1 Å². The topological polar surface area (TPSA) is 77.0 Å². The highest BCUT2D eigenvalue weighted by Crippen LogP contribution is 2.31. The molecular weight excluding hydrogens is 263 g/mol. The van der Waals surface area contributed by atoms with E-state index in [1.807, 2.05) is 0 Å². The van der Waals surface area contributed by atoms with E-state index in [0.29, 0.717) is 34.6 Å². The van der Waals surface area contributed by atoms with Crippen molar-refractivity contribution in [2.45, 2.75) is 6.42 Å². The zero-order valence-electron chi connectivity index (χ0n) is 8.78. The lowest BCUT2D eigenvalue weighted by Gasteiger charge is -2.04. The van der Waals surface area contributed by atoms with E-state index in [4.69, 9.17) is 33.4 Å². The summed E-state index contributed by atoms with van der Waals surface area (Å²) in [5.41, 5.74) is 5.99. The number of halogens is 2. The monoisotopic (exact) mass is 272 g/mol. The summed E-state index contributed by atoms with van der Waals surface area (Å²) >= 11 is 11.9. The van der Waals surface area contributed by atoms with Crippen molar-refractivity contribution in [1.82, 2.24) is 10.2 Å². The molecule has 0 spiro atoms. The maximum atomic E-state index is 6.01. The maximum absolute atomic E-state index is 6.01. The van der Waals surface area contributed by atoms with Crippen LogP contribution in [0.15, 0.2) is 22.6 Å². The summed E-state index contributed by atoms with van der Waals surface area (Å²) < 4.78 is 5.31. The fourth-order valence-electron chi connectivity index (χ4n) is 1.24. The minimum Gasteiger partial charge on any atom is -0.408 e. The molecule has 2 aromatic rings. The van der Waals surface area contributed by atoms with E-state index in [1.165, 1.54) is 0 Å². The molecule has 1 aromatic carbocycles. The van der Waals surface area contributed by atoms with Gasteiger partial charge in [-0.3, -0.25) is 0 Å². The second-order valence-electron chi connectivity index (χ2n) is 3.27. The molecule has 17 heavy (non-hydrogen) atoms. The average Bonchev–Trinajstić information content (AvgIpc) is 2.73. The van der Waals surface area contributed by atoms with E-state index in [0.717, 1.165) is 0 Å². The molecule has 0 fully saturated rings. The highest BCUT2D eigenvalue weighted by Gasteiger charge is 2.09. The van der Waals surface area contributed by atoms with Gasteiger partial charge in [-0.1, -0.05) is 34.4 Å². The van der Waals surface area contributed by atoms with Gasteiger partial charge in [0, 0.05) is 13.0 Å². The first-order valence-corrected chi connectivity index (χ1v) is 5.70. The van der Waals surface area contributed by atoms with Crippen LogP contribution in [0.2, 0.25) is 10.0 Å². The van der Waals surface area contributed by atoms with Crippen molar-refractivity contribution in [1.29, 1.82) is 0 Å². The molecule has 0 bridgehead atoms. The molecule has 7 heteroatoms. The van der Waals surface area contributed by atoms with Gasteiger partial charge in [0.2, 0.25) is 5.89 Å². The van der Waals surface area contributed by atoms with Gasteiger partial charge in [0.1, 0.15) is 0 Å². The molecule has 0 saturated heterocycles. The molecule has 0 aliphatic rings. The lowest BCUT2D eigenvalue weighted by Crippen LogP contribution is -2.02. The molecule has 0 unspecified atom stereocenters. The number of nitrogens with zero attached hydrogens (tertiary/aromatic N) is 2. The molecule has 3 N–H and O–H groups in total. The molecule has 2 rings (SSSR count). The first kappa shape index (κ1) is 12.2. The van der Waals surface area contributed by atoms with E-state index in [9.17, 15) is 0 Å². The van der Waals surface area contributed by atoms with Crippen LogP contribution in [0, 0.1) is 0 Å². The second-order valence-corrected chi connectivity index (χ2v) is 4.05. The molecule has 90 valence electrons. The van der Waals surface area contributed by atoms with Gasteiger partial charge < -0.3 is 15.5 Å². The molecule has 0 aliphatic heterocycles. The van der Waals surface area contributed by atoms with Gasteiger partial charge in [0.05, 0.1) is 15.7 Å². The molecule has 5 nitrogen and oxygen atoms in total. The number of benzene rings is 1. The predicted molar refractivity (Wildman–Crippen MR) is 66.8 cm³/mol. The highest BCUT2D eigenvalue weighted by atomic mass is 35.5. The standard InChI is InChI=1S/C10H10Cl2N4O/c11-6-2-1-3-7(9(6)12)14-10-16-15-8(17-10)4-5-13/h1-3H,4-5,13H2,(H,14,16). The Morgan fingerprint density at radius 1 is 1.29 bits per heavy atom. The van der Waals surface area contributed by atoms with Gasteiger partial charge >= 0.3 is 6.01 Å². The lowest BCUT2D eigenvalue weighted by atomic mass is 10.3. The van der Waals surface area contributed by atoms with E-state index >= 15 is 0 Å². The fourth-order valence-corrected chi connectivity index (χ4v) is 1.59. The summed E-state index contributed by atoms with van der Waals surface area (Å²) in [5, 5.41) is 11.4. The van der Waals surface area contributed by atoms with Gasteiger partial charge in [0.25, 0.3) is 0 Å². The Kier molecular flexibility index (Phi) is 3.83. The summed E-state index contributed by atoms with van der Waals surface area (Å²) in [7, 11) is 0. The average molecular weight is 273 g/mol. The number of nitrogens with one attached hydrogen (secondary N) is 1. The smallest absolute Gasteiger partial charge is 0.320 e. The lowest BCUT2D eigenvalue weighted by molar-refractivity contribution is 0.510. The van der Waals surface area contributed by atoms with Crippen LogP contribution in [0.5, 0.6) is 0 Å². The molecule has 0 amide bonds. The summed E-state index contributed by atoms with van der Waals surface area (Å²) in [4.78, 5) is 0. The number of aromatic nitrogens is 2. The number of rotatable bonds is 4. The maximum Gasteiger partial charge on any atom is 0.320 e. The molecule has 1 aromatic heterocycles. The van der Waals surface area contributed by atoms with Crippen LogP contribution in [-0.4, -0.2) is 16.7 Å². The van der Waals surface area contributed by atoms with Crippen molar-refractivity contribution < 1.29 is 4.42 Å². The third-order valence-corrected chi connectivity index (χ3v) is 2.84. The SMILES string of the molecule is NCCc1nnc(Nc2cccc(Cl)c2Cl)o1. The minimum atomic E-state index is 0.262. The first-order valence-electron chi connectivity index (χ1n) is 4.94. The molecule has 1 heterocycles. The quantitative estimate of drug-likeness (QED) is 0.895. The highest BCUT2D eigenvalue weighted by molar-refractivity contribution is 6.43. The summed E-state index contributed by atoms with van der Waals surface area (Å²) in [5.74, 6) is 0.480. The van der Waals surface area contributed by atoms with Crippen molar-refractivity contribution in [3.8, 4) is 0 Å². The number of hydrogen-bond acceptors (Lipinski definition) is 5. The van der Waals surface area contributed by atoms with Gasteiger partial charge in [-0.05, 0) is 12.1 Å². The number of nitrogens with two attached hydrogens (primary N) is 1. The van der Waals surface area contributed by atoms with E-state index < -0.39 is 0 Å². The van der Waals surface area contributed by atoms with E-state index in [1.54, 1.807) is 18.2 Å². The van der Waals surface area contributed by atoms with Crippen LogP contribution in [0.4, 0.5) is 11.7 Å². The fraction of sp³-hybridized carbons (Fsp3) is 0.200. The van der Waals surface area contributed by atoms with Gasteiger partial charge in [-0.15, -0.1) is 5.10 Å². The van der Waals surface area contributed by atoms with Crippen LogP contribution >= 0.6 is 23.2 Å². The molecule has 0 aliphatic carbocycles. The third-order valence-electron chi connectivity index (χ3n) is 2.02. The Bertz CT molecular complexity index is 515. The van der Waals surface area contributed by atoms with Crippen LogP contribution in [-0.2, 0) is 6.42 Å². The Morgan fingerprint density at radius 2 is 2.12 bits per heavy atom. The van der Waals surface area contributed by atoms with Gasteiger partial charge in [0.15, 0.2) is 0 Å². The zero-order valence-corrected chi connectivity index (χ0v) is 10.3. The molecule has 0 atom stereocenters. The van der Waals surface area contributed by atoms with Crippen molar-refractivity contribution in [2.24, 2.45) is 5.73 Å². The number of anilines is 2. The number of hydrogen-bond donors (Lipinski definition) is 2. The normalized spacial score (nSPS) is 10.5. The first-order chi connectivity index (χ1) is 8.20. The Morgan fingerprint density at radius 3 is 2.88 bits per heavy atom. The second kappa shape index (κ2) is 5.35.